The van der Waals surface area contributed by atoms with Crippen LogP contribution in [0.3, 0.4) is 0 Å². The van der Waals surface area contributed by atoms with E-state index in [0.717, 1.165) is 6.54 Å². The second kappa shape index (κ2) is 5.83. The molecule has 1 aromatic rings. The van der Waals surface area contributed by atoms with E-state index in [1.165, 1.54) is 0 Å². The highest BCUT2D eigenvalue weighted by molar-refractivity contribution is 6.31. The second-order valence-electron chi connectivity index (χ2n) is 4.71. The molecule has 4 heteroatoms. The predicted octanol–water partition coefficient (Wildman–Crippen LogP) is 2.63. The first-order chi connectivity index (χ1) is 8.59. The largest absolute Gasteiger partial charge is 0.379 e. The van der Waals surface area contributed by atoms with Gasteiger partial charge in [-0.05, 0) is 26.0 Å². The molecule has 3 nitrogen and oxygen atoms in total. The predicted molar refractivity (Wildman–Crippen MR) is 72.2 cm³/mol. The maximum Gasteiger partial charge on any atom is 0.179 e. The van der Waals surface area contributed by atoms with Crippen LogP contribution < -0.4 is 0 Å². The van der Waals surface area contributed by atoms with Gasteiger partial charge in [0.25, 0.3) is 0 Å². The van der Waals surface area contributed by atoms with Crippen LogP contribution in [-0.2, 0) is 4.74 Å². The third-order valence-electron chi connectivity index (χ3n) is 3.41. The number of Topliss-reactive ketones (excluding diaryl/α,β-unsaturated/α-hetero) is 1. The van der Waals surface area contributed by atoms with Gasteiger partial charge in [-0.15, -0.1) is 0 Å². The van der Waals surface area contributed by atoms with Crippen LogP contribution in [0.1, 0.15) is 24.2 Å². The molecule has 1 heterocycles. The van der Waals surface area contributed by atoms with Gasteiger partial charge in [0.1, 0.15) is 0 Å². The fourth-order valence-corrected chi connectivity index (χ4v) is 2.54. The summed E-state index contributed by atoms with van der Waals surface area (Å²) in [5.74, 6) is 0.117. The molecule has 18 heavy (non-hydrogen) atoms. The number of morpholine rings is 1. The number of halogens is 1. The number of ether oxygens (including phenoxy) is 1. The molecule has 1 aliphatic rings. The minimum atomic E-state index is -0.137. The van der Waals surface area contributed by atoms with Gasteiger partial charge in [-0.25, -0.2) is 0 Å². The molecule has 1 aliphatic heterocycles. The molecule has 0 radical (unpaired) electrons. The fraction of sp³-hybridized carbons (Fsp3) is 0.500. The van der Waals surface area contributed by atoms with E-state index >= 15 is 0 Å². The van der Waals surface area contributed by atoms with E-state index in [-0.39, 0.29) is 17.9 Å². The Hall–Kier alpha value is -0.900. The van der Waals surface area contributed by atoms with Crippen LogP contribution in [0, 0.1) is 0 Å². The molecule has 1 aromatic carbocycles. The van der Waals surface area contributed by atoms with E-state index in [1.54, 1.807) is 12.1 Å². The Kier molecular flexibility index (Phi) is 4.38. The first-order valence-electron chi connectivity index (χ1n) is 6.23. The monoisotopic (exact) mass is 267 g/mol. The lowest BCUT2D eigenvalue weighted by Crippen LogP contribution is -2.51. The number of hydrogen-bond donors (Lipinski definition) is 0. The van der Waals surface area contributed by atoms with E-state index in [2.05, 4.69) is 11.8 Å². The van der Waals surface area contributed by atoms with Crippen molar-refractivity contribution in [3.05, 3.63) is 34.9 Å². The average molecular weight is 268 g/mol. The fourth-order valence-electron chi connectivity index (χ4n) is 2.35. The topological polar surface area (TPSA) is 29.5 Å². The number of nitrogens with zero attached hydrogens (tertiary/aromatic N) is 1. The Balaban J connectivity index is 2.13. The maximum atomic E-state index is 12.4. The minimum Gasteiger partial charge on any atom is -0.379 e. The molecule has 2 rings (SSSR count). The maximum absolute atomic E-state index is 12.4. The van der Waals surface area contributed by atoms with Crippen molar-refractivity contribution in [2.45, 2.75) is 25.9 Å². The molecule has 0 bridgehead atoms. The van der Waals surface area contributed by atoms with Crippen molar-refractivity contribution in [3.8, 4) is 0 Å². The summed E-state index contributed by atoms with van der Waals surface area (Å²) >= 11 is 5.92. The molecule has 0 N–H and O–H groups in total. The lowest BCUT2D eigenvalue weighted by molar-refractivity contribution is -0.0143. The van der Waals surface area contributed by atoms with Gasteiger partial charge in [0.05, 0.1) is 19.3 Å². The highest BCUT2D eigenvalue weighted by Gasteiger charge is 2.28. The summed E-state index contributed by atoms with van der Waals surface area (Å²) in [7, 11) is 0. The summed E-state index contributed by atoms with van der Waals surface area (Å²) in [5.41, 5.74) is 0.675. The van der Waals surface area contributed by atoms with Gasteiger partial charge in [0.15, 0.2) is 5.78 Å². The molecule has 0 saturated carbocycles. The van der Waals surface area contributed by atoms with Crippen LogP contribution >= 0.6 is 11.6 Å². The molecule has 0 spiro atoms. The van der Waals surface area contributed by atoms with E-state index in [0.29, 0.717) is 23.8 Å². The Morgan fingerprint density at radius 2 is 2.33 bits per heavy atom. The van der Waals surface area contributed by atoms with Crippen molar-refractivity contribution in [3.63, 3.8) is 0 Å². The normalized spacial score (nSPS) is 22.7. The Labute approximate surface area is 113 Å². The molecule has 2 unspecified atom stereocenters. The van der Waals surface area contributed by atoms with Crippen LogP contribution in [0.15, 0.2) is 24.3 Å². The molecule has 1 fully saturated rings. The van der Waals surface area contributed by atoms with Gasteiger partial charge in [-0.1, -0.05) is 23.7 Å². The number of ketones is 1. The second-order valence-corrected chi connectivity index (χ2v) is 5.15. The zero-order valence-electron chi connectivity index (χ0n) is 10.7. The highest BCUT2D eigenvalue weighted by Crippen LogP contribution is 2.17. The first-order valence-corrected chi connectivity index (χ1v) is 6.60. The Bertz CT molecular complexity index is 436. The summed E-state index contributed by atoms with van der Waals surface area (Å²) in [5, 5.41) is 0.600. The number of carbonyl (C=O) groups excluding carboxylic acids is 1. The van der Waals surface area contributed by atoms with E-state index in [9.17, 15) is 4.79 Å². The summed E-state index contributed by atoms with van der Waals surface area (Å²) in [6, 6.07) is 7.27. The number of benzene rings is 1. The standard InChI is InChI=1S/C14H18ClNO2/c1-10-9-18-7-6-16(10)11(2)14(17)12-4-3-5-13(15)8-12/h3-5,8,10-11H,6-7,9H2,1-2H3. The van der Waals surface area contributed by atoms with Crippen LogP contribution in [0.25, 0.3) is 0 Å². The minimum absolute atomic E-state index is 0.117. The zero-order valence-corrected chi connectivity index (χ0v) is 11.5. The van der Waals surface area contributed by atoms with Gasteiger partial charge in [0.2, 0.25) is 0 Å². The summed E-state index contributed by atoms with van der Waals surface area (Å²) in [6.45, 7) is 6.21. The lowest BCUT2D eigenvalue weighted by Gasteiger charge is -2.37. The quantitative estimate of drug-likeness (QED) is 0.789. The summed E-state index contributed by atoms with van der Waals surface area (Å²) in [4.78, 5) is 14.6. The molecule has 0 aliphatic carbocycles. The first kappa shape index (κ1) is 13.5. The van der Waals surface area contributed by atoms with Crippen LogP contribution in [0.2, 0.25) is 5.02 Å². The summed E-state index contributed by atoms with van der Waals surface area (Å²) < 4.78 is 5.39. The molecule has 98 valence electrons. The van der Waals surface area contributed by atoms with Crippen LogP contribution in [0.4, 0.5) is 0 Å². The zero-order chi connectivity index (χ0) is 13.1. The molecular weight excluding hydrogens is 250 g/mol. The number of carbonyl (C=O) groups is 1. The van der Waals surface area contributed by atoms with E-state index < -0.39 is 0 Å². The lowest BCUT2D eigenvalue weighted by atomic mass is 10.0. The van der Waals surface area contributed by atoms with E-state index in [4.69, 9.17) is 16.3 Å². The van der Waals surface area contributed by atoms with Crippen LogP contribution in [0.5, 0.6) is 0 Å². The van der Waals surface area contributed by atoms with Crippen molar-refractivity contribution < 1.29 is 9.53 Å². The molecule has 2 atom stereocenters. The van der Waals surface area contributed by atoms with Gasteiger partial charge in [-0.3, -0.25) is 9.69 Å². The van der Waals surface area contributed by atoms with E-state index in [1.807, 2.05) is 19.1 Å². The van der Waals surface area contributed by atoms with Gasteiger partial charge in [-0.2, -0.15) is 0 Å². The average Bonchev–Trinajstić information content (AvgIpc) is 2.37. The van der Waals surface area contributed by atoms with Gasteiger partial charge in [0, 0.05) is 23.2 Å². The SMILES string of the molecule is CC1COCCN1C(C)C(=O)c1cccc(Cl)c1. The van der Waals surface area contributed by atoms with Crippen LogP contribution in [-0.4, -0.2) is 42.5 Å². The molecule has 1 saturated heterocycles. The van der Waals surface area contributed by atoms with Crippen molar-refractivity contribution in [2.75, 3.05) is 19.8 Å². The van der Waals surface area contributed by atoms with Crippen molar-refractivity contribution in [2.24, 2.45) is 0 Å². The van der Waals surface area contributed by atoms with Crippen molar-refractivity contribution in [1.82, 2.24) is 4.90 Å². The third kappa shape index (κ3) is 2.91. The van der Waals surface area contributed by atoms with Crippen molar-refractivity contribution >= 4 is 17.4 Å². The highest BCUT2D eigenvalue weighted by atomic mass is 35.5. The number of hydrogen-bond acceptors (Lipinski definition) is 3. The summed E-state index contributed by atoms with van der Waals surface area (Å²) in [6.07, 6.45) is 0. The van der Waals surface area contributed by atoms with Gasteiger partial charge >= 0.3 is 0 Å². The molecular formula is C14H18ClNO2. The molecule has 0 aromatic heterocycles. The smallest absolute Gasteiger partial charge is 0.179 e. The van der Waals surface area contributed by atoms with Gasteiger partial charge < -0.3 is 4.74 Å². The number of rotatable bonds is 3. The third-order valence-corrected chi connectivity index (χ3v) is 3.64. The Morgan fingerprint density at radius 3 is 3.00 bits per heavy atom. The van der Waals surface area contributed by atoms with Crippen molar-refractivity contribution in [1.29, 1.82) is 0 Å². The Morgan fingerprint density at radius 1 is 1.56 bits per heavy atom. The molecule has 0 amide bonds.